The maximum atomic E-state index is 10.4. The van der Waals surface area contributed by atoms with E-state index in [-0.39, 0.29) is 35.5 Å². The summed E-state index contributed by atoms with van der Waals surface area (Å²) in [6.07, 6.45) is 1.58. The zero-order valence-corrected chi connectivity index (χ0v) is 15.7. The number of hydrogen-bond donors (Lipinski definition) is 4. The molecule has 0 aromatic carbocycles. The Bertz CT molecular complexity index is 745. The molecule has 11 heteroatoms. The van der Waals surface area contributed by atoms with Crippen LogP contribution in [0.3, 0.4) is 0 Å². The van der Waals surface area contributed by atoms with E-state index in [9.17, 15) is 15.3 Å². The number of fused-ring (bicyclic) bond motifs is 1. The van der Waals surface area contributed by atoms with Crippen LogP contribution in [0.4, 0.5) is 5.82 Å². The van der Waals surface area contributed by atoms with Crippen molar-refractivity contribution < 1.29 is 20.1 Å². The van der Waals surface area contributed by atoms with Crippen LogP contribution in [-0.2, 0) is 15.6 Å². The number of aromatic nitrogens is 4. The van der Waals surface area contributed by atoms with E-state index in [4.69, 9.17) is 10.5 Å². The van der Waals surface area contributed by atoms with Crippen LogP contribution in [0.1, 0.15) is 18.5 Å². The van der Waals surface area contributed by atoms with Gasteiger partial charge in [0.2, 0.25) is 5.44 Å². The highest BCUT2D eigenvalue weighted by atomic mass is 35.5. The molecule has 0 aliphatic carbocycles. The lowest BCUT2D eigenvalue weighted by Gasteiger charge is -2.18. The summed E-state index contributed by atoms with van der Waals surface area (Å²) in [4.78, 5) is 12.4. The minimum absolute atomic E-state index is 0. The molecule has 0 saturated carbocycles. The molecule has 0 spiro atoms. The Morgan fingerprint density at radius 2 is 2.00 bits per heavy atom. The molecular weight excluding hydrogens is 370 g/mol. The van der Waals surface area contributed by atoms with Crippen molar-refractivity contribution in [3.8, 4) is 0 Å². The summed E-state index contributed by atoms with van der Waals surface area (Å²) in [5.74, 6) is 0.781. The van der Waals surface area contributed by atoms with Crippen LogP contribution in [-0.4, -0.2) is 71.1 Å². The van der Waals surface area contributed by atoms with Gasteiger partial charge in [-0.2, -0.15) is 0 Å². The molecule has 1 unspecified atom stereocenters. The fourth-order valence-electron chi connectivity index (χ4n) is 2.87. The standard InChI is InChI=1S/C14H22N5O4S.ClH/c1-6-18-9-12(15)16-5-17-13(9)19(6)14-11(22)10(21)7(23-14)4-8(20)24(2)3;/h5,7-8,10-11,14,20-22H,4H2,1-3H3,(H2,15,16,17);1H/q+1;/t7-,8?,10-,11-,14-;/m1./s1. The topological polar surface area (TPSA) is 140 Å². The van der Waals surface area contributed by atoms with Gasteiger partial charge in [0.25, 0.3) is 0 Å². The van der Waals surface area contributed by atoms with Gasteiger partial charge in [-0.3, -0.25) is 4.57 Å². The van der Waals surface area contributed by atoms with Gasteiger partial charge in [-0.1, -0.05) is 0 Å². The molecule has 0 bridgehead atoms. The highest BCUT2D eigenvalue weighted by Crippen LogP contribution is 2.35. The number of anilines is 1. The van der Waals surface area contributed by atoms with Crippen molar-refractivity contribution >= 4 is 40.3 Å². The van der Waals surface area contributed by atoms with Gasteiger partial charge < -0.3 is 25.8 Å². The number of aliphatic hydroxyl groups excluding tert-OH is 3. The number of hydrogen-bond acceptors (Lipinski definition) is 8. The largest absolute Gasteiger partial charge is 0.388 e. The highest BCUT2D eigenvalue weighted by molar-refractivity contribution is 7.95. The first-order chi connectivity index (χ1) is 11.3. The van der Waals surface area contributed by atoms with Crippen molar-refractivity contribution in [3.05, 3.63) is 12.2 Å². The van der Waals surface area contributed by atoms with E-state index in [1.54, 1.807) is 11.5 Å². The minimum atomic E-state index is -1.16. The summed E-state index contributed by atoms with van der Waals surface area (Å²) in [5, 5.41) is 30.8. The molecule has 25 heavy (non-hydrogen) atoms. The first-order valence-electron chi connectivity index (χ1n) is 7.52. The fourth-order valence-corrected chi connectivity index (χ4v) is 3.44. The Balaban J connectivity index is 0.00000225. The van der Waals surface area contributed by atoms with Crippen LogP contribution in [0.15, 0.2) is 6.33 Å². The van der Waals surface area contributed by atoms with Gasteiger partial charge in [0, 0.05) is 17.3 Å². The smallest absolute Gasteiger partial charge is 0.217 e. The van der Waals surface area contributed by atoms with Crippen LogP contribution in [0.25, 0.3) is 11.2 Å². The molecule has 3 heterocycles. The zero-order chi connectivity index (χ0) is 17.6. The summed E-state index contributed by atoms with van der Waals surface area (Å²) in [6.45, 7) is 1.74. The Morgan fingerprint density at radius 3 is 2.64 bits per heavy atom. The molecule has 0 radical (unpaired) electrons. The second kappa shape index (κ2) is 7.60. The number of nitrogen functional groups attached to an aromatic ring is 1. The number of aliphatic hydroxyl groups is 3. The maximum Gasteiger partial charge on any atom is 0.217 e. The molecule has 1 aliphatic heterocycles. The van der Waals surface area contributed by atoms with Gasteiger partial charge in [0.1, 0.15) is 24.4 Å². The van der Waals surface area contributed by atoms with Crippen LogP contribution < -0.4 is 5.73 Å². The fraction of sp³-hybridized carbons (Fsp3) is 0.643. The monoisotopic (exact) mass is 392 g/mol. The van der Waals surface area contributed by atoms with Gasteiger partial charge in [0.15, 0.2) is 23.2 Å². The summed E-state index contributed by atoms with van der Waals surface area (Å²) in [6, 6.07) is 0. The van der Waals surface area contributed by atoms with E-state index in [0.29, 0.717) is 17.0 Å². The summed E-state index contributed by atoms with van der Waals surface area (Å²) >= 11 is 0. The van der Waals surface area contributed by atoms with Crippen LogP contribution in [0, 0.1) is 6.92 Å². The summed E-state index contributed by atoms with van der Waals surface area (Å²) in [7, 11) is -0.234. The average Bonchev–Trinajstić information content (AvgIpc) is 2.99. The van der Waals surface area contributed by atoms with E-state index in [1.165, 1.54) is 6.33 Å². The lowest BCUT2D eigenvalue weighted by molar-refractivity contribution is -0.0435. The molecule has 2 aromatic heterocycles. The van der Waals surface area contributed by atoms with Crippen molar-refractivity contribution in [2.75, 3.05) is 18.2 Å². The second-order valence-electron chi connectivity index (χ2n) is 6.08. The molecule has 9 nitrogen and oxygen atoms in total. The Hall–Kier alpha value is -1.17. The first-order valence-corrected chi connectivity index (χ1v) is 9.62. The first kappa shape index (κ1) is 20.1. The predicted octanol–water partition coefficient (Wildman–Crippen LogP) is -0.656. The number of aryl methyl sites for hydroxylation is 1. The predicted molar refractivity (Wildman–Crippen MR) is 97.5 cm³/mol. The molecule has 1 aliphatic rings. The SMILES string of the molecule is Cc1nc2c(N)ncnc2n1[C@@H]1O[C@H](CC(O)[S+](C)C)[C@@H](O)[C@H]1O.Cl. The van der Waals surface area contributed by atoms with Crippen molar-refractivity contribution in [2.45, 2.75) is 43.3 Å². The Labute approximate surface area is 154 Å². The number of rotatable bonds is 4. The molecule has 140 valence electrons. The van der Waals surface area contributed by atoms with E-state index < -0.39 is 30.0 Å². The number of halogens is 1. The number of ether oxygens (including phenoxy) is 1. The Kier molecular flexibility index (Phi) is 6.13. The van der Waals surface area contributed by atoms with Crippen molar-refractivity contribution in [1.29, 1.82) is 0 Å². The third-order valence-corrected chi connectivity index (χ3v) is 5.53. The molecule has 0 amide bonds. The average molecular weight is 393 g/mol. The third kappa shape index (κ3) is 3.55. The van der Waals surface area contributed by atoms with E-state index in [0.717, 1.165) is 0 Å². The molecule has 3 rings (SSSR count). The Morgan fingerprint density at radius 1 is 1.32 bits per heavy atom. The second-order valence-corrected chi connectivity index (χ2v) is 8.38. The van der Waals surface area contributed by atoms with Crippen LogP contribution in [0.5, 0.6) is 0 Å². The molecule has 2 aromatic rings. The number of nitrogens with zero attached hydrogens (tertiary/aromatic N) is 4. The maximum absolute atomic E-state index is 10.4. The van der Waals surface area contributed by atoms with Crippen LogP contribution in [0.2, 0.25) is 0 Å². The lowest BCUT2D eigenvalue weighted by Crippen LogP contribution is -2.35. The van der Waals surface area contributed by atoms with E-state index in [2.05, 4.69) is 15.0 Å². The summed E-state index contributed by atoms with van der Waals surface area (Å²) < 4.78 is 7.45. The zero-order valence-electron chi connectivity index (χ0n) is 14.1. The molecule has 5 atom stereocenters. The van der Waals surface area contributed by atoms with Gasteiger partial charge in [-0.05, 0) is 6.92 Å². The minimum Gasteiger partial charge on any atom is -0.388 e. The van der Waals surface area contributed by atoms with E-state index in [1.807, 2.05) is 12.5 Å². The number of nitrogens with two attached hydrogens (primary N) is 1. The van der Waals surface area contributed by atoms with Crippen molar-refractivity contribution in [3.63, 3.8) is 0 Å². The lowest BCUT2D eigenvalue weighted by atomic mass is 10.1. The van der Waals surface area contributed by atoms with Crippen molar-refractivity contribution in [2.24, 2.45) is 0 Å². The molecule has 1 fully saturated rings. The van der Waals surface area contributed by atoms with Gasteiger partial charge >= 0.3 is 0 Å². The molecule has 5 N–H and O–H groups in total. The van der Waals surface area contributed by atoms with Crippen LogP contribution >= 0.6 is 12.4 Å². The highest BCUT2D eigenvalue weighted by Gasteiger charge is 2.46. The number of imidazole rings is 1. The third-order valence-electron chi connectivity index (χ3n) is 4.25. The normalized spacial score (nSPS) is 27.6. The summed E-state index contributed by atoms with van der Waals surface area (Å²) in [5.41, 5.74) is 6.07. The molecule has 1 saturated heterocycles. The van der Waals surface area contributed by atoms with Crippen molar-refractivity contribution in [1.82, 2.24) is 19.5 Å². The van der Waals surface area contributed by atoms with Gasteiger partial charge in [-0.25, -0.2) is 15.0 Å². The van der Waals surface area contributed by atoms with Gasteiger partial charge in [-0.15, -0.1) is 12.4 Å². The quantitative estimate of drug-likeness (QED) is 0.503. The molecular formula is C14H23ClN5O4S+. The van der Waals surface area contributed by atoms with E-state index >= 15 is 0 Å². The van der Waals surface area contributed by atoms with Gasteiger partial charge in [0.05, 0.1) is 18.6 Å².